The smallest absolute Gasteiger partial charge is 0.307 e. The van der Waals surface area contributed by atoms with Crippen LogP contribution in [0.5, 0.6) is 0 Å². The first-order valence-electron chi connectivity index (χ1n) is 7.50. The lowest BCUT2D eigenvalue weighted by Crippen LogP contribution is -2.39. The molecule has 1 N–H and O–H groups in total. The second kappa shape index (κ2) is 6.43. The average molecular weight is 293 g/mol. The van der Waals surface area contributed by atoms with Crippen LogP contribution in [-0.2, 0) is 0 Å². The van der Waals surface area contributed by atoms with E-state index in [1.165, 1.54) is 0 Å². The van der Waals surface area contributed by atoms with E-state index in [9.17, 15) is 4.79 Å². The minimum Gasteiger partial charge on any atom is -0.307 e. The van der Waals surface area contributed by atoms with Crippen LogP contribution >= 0.6 is 0 Å². The largest absolute Gasteiger partial charge is 0.331 e. The summed E-state index contributed by atoms with van der Waals surface area (Å²) < 4.78 is 0. The Bertz CT molecular complexity index is 677. The summed E-state index contributed by atoms with van der Waals surface area (Å²) in [7, 11) is 0. The number of anilines is 2. The van der Waals surface area contributed by atoms with Gasteiger partial charge >= 0.3 is 6.03 Å². The van der Waals surface area contributed by atoms with Crippen molar-refractivity contribution >= 4 is 23.2 Å². The number of nitrogens with zero attached hydrogens (tertiary/aromatic N) is 2. The zero-order valence-electron chi connectivity index (χ0n) is 12.6. The highest BCUT2D eigenvalue weighted by Crippen LogP contribution is 2.20. The number of amides is 2. The number of carbonyl (C=O) groups excluding carboxylic acids is 1. The fraction of sp³-hybridized carbons (Fsp3) is 0.222. The van der Waals surface area contributed by atoms with E-state index in [1.807, 2.05) is 61.5 Å². The molecule has 0 unspecified atom stereocenters. The van der Waals surface area contributed by atoms with Gasteiger partial charge in [0.25, 0.3) is 0 Å². The molecule has 4 heteroatoms. The molecule has 2 aromatic rings. The van der Waals surface area contributed by atoms with Crippen LogP contribution in [0.1, 0.15) is 18.4 Å². The third-order valence-electron chi connectivity index (χ3n) is 3.63. The molecule has 0 fully saturated rings. The first-order valence-corrected chi connectivity index (χ1v) is 7.50. The van der Waals surface area contributed by atoms with Crippen molar-refractivity contribution in [2.75, 3.05) is 16.8 Å². The van der Waals surface area contributed by atoms with Crippen LogP contribution in [0, 0.1) is 6.92 Å². The maximum atomic E-state index is 12.7. The fourth-order valence-corrected chi connectivity index (χ4v) is 2.48. The molecule has 0 bridgehead atoms. The normalized spacial score (nSPS) is 13.6. The first-order chi connectivity index (χ1) is 10.7. The minimum atomic E-state index is -0.171. The first kappa shape index (κ1) is 14.3. The maximum absolute atomic E-state index is 12.7. The van der Waals surface area contributed by atoms with Gasteiger partial charge < -0.3 is 5.32 Å². The molecule has 0 aliphatic carbocycles. The summed E-state index contributed by atoms with van der Waals surface area (Å²) in [6.45, 7) is 2.81. The van der Waals surface area contributed by atoms with Gasteiger partial charge in [0, 0.05) is 18.7 Å². The molecule has 0 saturated heterocycles. The van der Waals surface area contributed by atoms with Crippen molar-refractivity contribution in [2.45, 2.75) is 19.8 Å². The number of aryl methyl sites for hydroxylation is 1. The van der Waals surface area contributed by atoms with Crippen molar-refractivity contribution in [3.05, 3.63) is 60.2 Å². The number of urea groups is 1. The summed E-state index contributed by atoms with van der Waals surface area (Å²) in [6.07, 6.45) is 1.83. The molecule has 2 amide bonds. The molecule has 1 heterocycles. The molecule has 112 valence electrons. The Morgan fingerprint density at radius 2 is 1.82 bits per heavy atom. The number of hydrogen-bond donors (Lipinski definition) is 1. The molecule has 0 saturated carbocycles. The number of nitrogens with one attached hydrogen (secondary N) is 1. The summed E-state index contributed by atoms with van der Waals surface area (Å²) >= 11 is 0. The lowest BCUT2D eigenvalue weighted by molar-refractivity contribution is 0.259. The van der Waals surface area contributed by atoms with Gasteiger partial charge in [-0.3, -0.25) is 9.89 Å². The predicted molar refractivity (Wildman–Crippen MR) is 90.7 cm³/mol. The van der Waals surface area contributed by atoms with E-state index in [-0.39, 0.29) is 6.03 Å². The van der Waals surface area contributed by atoms with E-state index < -0.39 is 0 Å². The highest BCUT2D eigenvalue weighted by molar-refractivity contribution is 6.20. The molecule has 0 spiro atoms. The number of hydrogen-bond acceptors (Lipinski definition) is 2. The van der Waals surface area contributed by atoms with Crippen LogP contribution in [0.15, 0.2) is 59.6 Å². The van der Waals surface area contributed by atoms with E-state index in [0.29, 0.717) is 0 Å². The quantitative estimate of drug-likeness (QED) is 0.885. The summed E-state index contributed by atoms with van der Waals surface area (Å²) in [5.41, 5.74) is 2.79. The van der Waals surface area contributed by atoms with E-state index in [1.54, 1.807) is 4.90 Å². The molecule has 2 aromatic carbocycles. The van der Waals surface area contributed by atoms with Gasteiger partial charge in [0.05, 0.1) is 5.69 Å². The van der Waals surface area contributed by atoms with E-state index >= 15 is 0 Å². The topological polar surface area (TPSA) is 44.7 Å². The Hall–Kier alpha value is -2.62. The lowest BCUT2D eigenvalue weighted by Gasteiger charge is -2.23. The average Bonchev–Trinajstić information content (AvgIpc) is 3.05. The van der Waals surface area contributed by atoms with Crippen LogP contribution in [0.4, 0.5) is 16.2 Å². The monoisotopic (exact) mass is 293 g/mol. The van der Waals surface area contributed by atoms with Crippen LogP contribution in [0.3, 0.4) is 0 Å². The summed E-state index contributed by atoms with van der Waals surface area (Å²) in [4.78, 5) is 18.9. The molecule has 1 aliphatic heterocycles. The molecule has 22 heavy (non-hydrogen) atoms. The van der Waals surface area contributed by atoms with Gasteiger partial charge in [0.15, 0.2) is 0 Å². The predicted octanol–water partition coefficient (Wildman–Crippen LogP) is 4.23. The van der Waals surface area contributed by atoms with Gasteiger partial charge in [-0.15, -0.1) is 0 Å². The maximum Gasteiger partial charge on any atom is 0.331 e. The molecule has 1 aliphatic rings. The van der Waals surface area contributed by atoms with Crippen molar-refractivity contribution < 1.29 is 4.79 Å². The highest BCUT2D eigenvalue weighted by Gasteiger charge is 2.23. The van der Waals surface area contributed by atoms with Gasteiger partial charge in [-0.25, -0.2) is 4.79 Å². The van der Waals surface area contributed by atoms with Crippen LogP contribution < -0.4 is 10.2 Å². The molecule has 0 aromatic heterocycles. The van der Waals surface area contributed by atoms with Gasteiger partial charge in [-0.05, 0) is 37.6 Å². The number of amidine groups is 1. The van der Waals surface area contributed by atoms with Crippen LogP contribution in [0.2, 0.25) is 0 Å². The number of rotatable bonds is 2. The van der Waals surface area contributed by atoms with E-state index in [4.69, 9.17) is 0 Å². The molecule has 3 rings (SSSR count). The van der Waals surface area contributed by atoms with Gasteiger partial charge in [-0.1, -0.05) is 35.9 Å². The minimum absolute atomic E-state index is 0.171. The van der Waals surface area contributed by atoms with Gasteiger partial charge in [-0.2, -0.15) is 0 Å². The molecular formula is C18H19N3O. The Labute approximate surface area is 130 Å². The summed E-state index contributed by atoms with van der Waals surface area (Å²) in [6, 6.07) is 17.3. The van der Waals surface area contributed by atoms with Crippen LogP contribution in [0.25, 0.3) is 0 Å². The fourth-order valence-electron chi connectivity index (χ4n) is 2.48. The zero-order valence-corrected chi connectivity index (χ0v) is 12.6. The van der Waals surface area contributed by atoms with Gasteiger partial charge in [0.2, 0.25) is 0 Å². The molecule has 0 radical (unpaired) electrons. The summed E-state index contributed by atoms with van der Waals surface area (Å²) in [5.74, 6) is 0.829. The number of benzene rings is 2. The molecule has 4 nitrogen and oxygen atoms in total. The summed E-state index contributed by atoms with van der Waals surface area (Å²) in [5, 5.41) is 2.95. The Balaban J connectivity index is 1.85. The van der Waals surface area contributed by atoms with E-state index in [0.717, 1.165) is 42.2 Å². The second-order valence-electron chi connectivity index (χ2n) is 5.37. The lowest BCUT2D eigenvalue weighted by atomic mass is 10.2. The second-order valence-corrected chi connectivity index (χ2v) is 5.37. The standard InChI is InChI=1S/C18H19N3O/c1-14-9-11-15(12-10-14)20-18(22)21(17-8-5-13-19-17)16-6-3-2-4-7-16/h2-4,6-7,9-12H,5,8,13H2,1H3,(H,20,22). The number of para-hydroxylation sites is 1. The molecule has 0 atom stereocenters. The van der Waals surface area contributed by atoms with Gasteiger partial charge in [0.1, 0.15) is 5.84 Å². The van der Waals surface area contributed by atoms with Crippen molar-refractivity contribution in [1.29, 1.82) is 0 Å². The Morgan fingerprint density at radius 1 is 1.09 bits per heavy atom. The zero-order chi connectivity index (χ0) is 15.4. The van der Waals surface area contributed by atoms with Crippen molar-refractivity contribution in [1.82, 2.24) is 0 Å². The SMILES string of the molecule is Cc1ccc(NC(=O)N(C2=NCCC2)c2ccccc2)cc1. The third kappa shape index (κ3) is 3.17. The van der Waals surface area contributed by atoms with Crippen molar-refractivity contribution in [3.8, 4) is 0 Å². The van der Waals surface area contributed by atoms with Crippen molar-refractivity contribution in [2.24, 2.45) is 4.99 Å². The number of carbonyl (C=O) groups is 1. The number of aliphatic imine (C=N–C) groups is 1. The van der Waals surface area contributed by atoms with Crippen molar-refractivity contribution in [3.63, 3.8) is 0 Å². The van der Waals surface area contributed by atoms with Crippen LogP contribution in [-0.4, -0.2) is 18.4 Å². The Morgan fingerprint density at radius 3 is 2.45 bits per heavy atom. The third-order valence-corrected chi connectivity index (χ3v) is 3.63. The van der Waals surface area contributed by atoms with E-state index in [2.05, 4.69) is 10.3 Å². The molecular weight excluding hydrogens is 274 g/mol. The Kier molecular flexibility index (Phi) is 4.19. The highest BCUT2D eigenvalue weighted by atomic mass is 16.2.